The Bertz CT molecular complexity index is 287. The van der Waals surface area contributed by atoms with Crippen LogP contribution in [0, 0.1) is 5.92 Å². The van der Waals surface area contributed by atoms with Crippen LogP contribution < -0.4 is 4.74 Å². The number of hydrogen-bond donors (Lipinski definition) is 1. The van der Waals surface area contributed by atoms with Crippen LogP contribution in [0.25, 0.3) is 0 Å². The first kappa shape index (κ1) is 11.9. The molecule has 2 unspecified atom stereocenters. The van der Waals surface area contributed by atoms with E-state index in [9.17, 15) is 5.11 Å². The molecule has 0 saturated heterocycles. The molecular formula is C11H18N2O2. The molecule has 84 valence electrons. The first-order chi connectivity index (χ1) is 7.17. The van der Waals surface area contributed by atoms with Gasteiger partial charge in [0, 0.05) is 6.07 Å². The Morgan fingerprint density at radius 1 is 1.40 bits per heavy atom. The average molecular weight is 210 g/mol. The summed E-state index contributed by atoms with van der Waals surface area (Å²) >= 11 is 0. The first-order valence-electron chi connectivity index (χ1n) is 5.23. The lowest BCUT2D eigenvalue weighted by atomic mass is 9.99. The SMILES string of the molecule is CCC(C)CC(O)c1ccc(OC)nn1. The van der Waals surface area contributed by atoms with Gasteiger partial charge in [0.25, 0.3) is 0 Å². The molecule has 0 saturated carbocycles. The molecule has 1 aromatic heterocycles. The zero-order chi connectivity index (χ0) is 11.3. The van der Waals surface area contributed by atoms with Crippen LogP contribution in [0.2, 0.25) is 0 Å². The van der Waals surface area contributed by atoms with E-state index < -0.39 is 6.10 Å². The smallest absolute Gasteiger partial charge is 0.233 e. The highest BCUT2D eigenvalue weighted by molar-refractivity contribution is 5.12. The van der Waals surface area contributed by atoms with Gasteiger partial charge < -0.3 is 9.84 Å². The average Bonchev–Trinajstić information content (AvgIpc) is 2.29. The van der Waals surface area contributed by atoms with E-state index >= 15 is 0 Å². The molecular weight excluding hydrogens is 192 g/mol. The predicted octanol–water partition coefficient (Wildman–Crippen LogP) is 1.95. The van der Waals surface area contributed by atoms with Crippen molar-refractivity contribution in [1.29, 1.82) is 0 Å². The van der Waals surface area contributed by atoms with Gasteiger partial charge in [0.15, 0.2) is 0 Å². The van der Waals surface area contributed by atoms with Gasteiger partial charge in [0.2, 0.25) is 5.88 Å². The fraction of sp³-hybridized carbons (Fsp3) is 0.636. The number of aliphatic hydroxyl groups excluding tert-OH is 1. The van der Waals surface area contributed by atoms with Gasteiger partial charge in [0.05, 0.1) is 18.9 Å². The Morgan fingerprint density at radius 3 is 2.60 bits per heavy atom. The summed E-state index contributed by atoms with van der Waals surface area (Å²) < 4.78 is 4.90. The van der Waals surface area contributed by atoms with Crippen molar-refractivity contribution in [2.45, 2.75) is 32.8 Å². The topological polar surface area (TPSA) is 55.2 Å². The van der Waals surface area contributed by atoms with E-state index in [4.69, 9.17) is 4.74 Å². The lowest BCUT2D eigenvalue weighted by Gasteiger charge is -2.13. The summed E-state index contributed by atoms with van der Waals surface area (Å²) in [5.41, 5.74) is 0.608. The number of hydrogen-bond acceptors (Lipinski definition) is 4. The van der Waals surface area contributed by atoms with Crippen LogP contribution in [0.5, 0.6) is 5.88 Å². The summed E-state index contributed by atoms with van der Waals surface area (Å²) in [7, 11) is 1.54. The molecule has 1 N–H and O–H groups in total. The largest absolute Gasteiger partial charge is 0.480 e. The molecule has 0 amide bonds. The molecule has 4 heteroatoms. The minimum absolute atomic E-state index is 0.467. The quantitative estimate of drug-likeness (QED) is 0.807. The number of aromatic nitrogens is 2. The maximum absolute atomic E-state index is 9.84. The molecule has 15 heavy (non-hydrogen) atoms. The van der Waals surface area contributed by atoms with Crippen LogP contribution in [-0.2, 0) is 0 Å². The van der Waals surface area contributed by atoms with Crippen molar-refractivity contribution in [3.63, 3.8) is 0 Å². The lowest BCUT2D eigenvalue weighted by Crippen LogP contribution is -2.06. The molecule has 2 atom stereocenters. The minimum Gasteiger partial charge on any atom is -0.480 e. The number of methoxy groups -OCH3 is 1. The van der Waals surface area contributed by atoms with Crippen molar-refractivity contribution in [3.05, 3.63) is 17.8 Å². The van der Waals surface area contributed by atoms with E-state index in [1.165, 1.54) is 0 Å². The summed E-state index contributed by atoms with van der Waals surface area (Å²) in [6.07, 6.45) is 1.25. The van der Waals surface area contributed by atoms with Crippen LogP contribution in [0.1, 0.15) is 38.5 Å². The molecule has 0 aliphatic carbocycles. The Morgan fingerprint density at radius 2 is 2.13 bits per heavy atom. The summed E-state index contributed by atoms with van der Waals surface area (Å²) in [5.74, 6) is 0.957. The van der Waals surface area contributed by atoms with Gasteiger partial charge in [-0.25, -0.2) is 0 Å². The highest BCUT2D eigenvalue weighted by Crippen LogP contribution is 2.21. The highest BCUT2D eigenvalue weighted by Gasteiger charge is 2.13. The maximum Gasteiger partial charge on any atom is 0.233 e. The van der Waals surface area contributed by atoms with Crippen molar-refractivity contribution in [2.75, 3.05) is 7.11 Å². The van der Waals surface area contributed by atoms with Crippen molar-refractivity contribution in [1.82, 2.24) is 10.2 Å². The number of rotatable bonds is 5. The minimum atomic E-state index is -0.529. The van der Waals surface area contributed by atoms with Crippen molar-refractivity contribution in [3.8, 4) is 5.88 Å². The molecule has 0 spiro atoms. The second kappa shape index (κ2) is 5.66. The number of nitrogens with zero attached hydrogens (tertiary/aromatic N) is 2. The third kappa shape index (κ3) is 3.47. The van der Waals surface area contributed by atoms with E-state index in [0.717, 1.165) is 12.8 Å². The fourth-order valence-corrected chi connectivity index (χ4v) is 1.29. The summed E-state index contributed by atoms with van der Waals surface area (Å²) in [6.45, 7) is 4.22. The van der Waals surface area contributed by atoms with E-state index in [1.54, 1.807) is 19.2 Å². The van der Waals surface area contributed by atoms with E-state index in [2.05, 4.69) is 24.0 Å². The Balaban J connectivity index is 2.61. The van der Waals surface area contributed by atoms with Gasteiger partial charge in [-0.2, -0.15) is 0 Å². The zero-order valence-electron chi connectivity index (χ0n) is 9.47. The lowest BCUT2D eigenvalue weighted by molar-refractivity contribution is 0.141. The van der Waals surface area contributed by atoms with E-state index in [0.29, 0.717) is 17.5 Å². The molecule has 4 nitrogen and oxygen atoms in total. The number of ether oxygens (including phenoxy) is 1. The van der Waals surface area contributed by atoms with Crippen LogP contribution in [0.15, 0.2) is 12.1 Å². The third-order valence-electron chi connectivity index (χ3n) is 2.53. The third-order valence-corrected chi connectivity index (χ3v) is 2.53. The van der Waals surface area contributed by atoms with Crippen molar-refractivity contribution in [2.24, 2.45) is 5.92 Å². The van der Waals surface area contributed by atoms with Gasteiger partial charge in [-0.05, 0) is 18.4 Å². The normalized spacial score (nSPS) is 14.7. The van der Waals surface area contributed by atoms with Crippen LogP contribution in [-0.4, -0.2) is 22.4 Å². The van der Waals surface area contributed by atoms with Crippen molar-refractivity contribution < 1.29 is 9.84 Å². The van der Waals surface area contributed by atoms with Crippen LogP contribution >= 0.6 is 0 Å². The van der Waals surface area contributed by atoms with Gasteiger partial charge >= 0.3 is 0 Å². The second-order valence-corrected chi connectivity index (χ2v) is 3.77. The Kier molecular flexibility index (Phi) is 4.49. The Hall–Kier alpha value is -1.16. The first-order valence-corrected chi connectivity index (χ1v) is 5.23. The van der Waals surface area contributed by atoms with Crippen LogP contribution in [0.4, 0.5) is 0 Å². The van der Waals surface area contributed by atoms with Gasteiger partial charge in [-0.3, -0.25) is 0 Å². The molecule has 1 heterocycles. The summed E-state index contributed by atoms with van der Waals surface area (Å²) in [6, 6.07) is 3.46. The summed E-state index contributed by atoms with van der Waals surface area (Å²) in [5, 5.41) is 17.6. The van der Waals surface area contributed by atoms with Gasteiger partial charge in [-0.15, -0.1) is 10.2 Å². The molecule has 0 fully saturated rings. The monoisotopic (exact) mass is 210 g/mol. The van der Waals surface area contributed by atoms with Crippen molar-refractivity contribution >= 4 is 0 Å². The standard InChI is InChI=1S/C11H18N2O2/c1-4-8(2)7-10(14)9-5-6-11(15-3)13-12-9/h5-6,8,10,14H,4,7H2,1-3H3. The molecule has 0 bridgehead atoms. The molecule has 1 aromatic rings. The molecule has 0 aromatic carbocycles. The maximum atomic E-state index is 9.84. The summed E-state index contributed by atoms with van der Waals surface area (Å²) in [4.78, 5) is 0. The fourth-order valence-electron chi connectivity index (χ4n) is 1.29. The van der Waals surface area contributed by atoms with Crippen LogP contribution in [0.3, 0.4) is 0 Å². The molecule has 0 aliphatic rings. The van der Waals surface area contributed by atoms with E-state index in [1.807, 2.05) is 0 Å². The van der Waals surface area contributed by atoms with Gasteiger partial charge in [-0.1, -0.05) is 20.3 Å². The molecule has 1 rings (SSSR count). The zero-order valence-corrected chi connectivity index (χ0v) is 9.47. The second-order valence-electron chi connectivity index (χ2n) is 3.77. The van der Waals surface area contributed by atoms with E-state index in [-0.39, 0.29) is 0 Å². The highest BCUT2D eigenvalue weighted by atomic mass is 16.5. The molecule has 0 aliphatic heterocycles. The van der Waals surface area contributed by atoms with Gasteiger partial charge in [0.1, 0.15) is 0 Å². The molecule has 0 radical (unpaired) electrons. The number of aliphatic hydroxyl groups is 1. The Labute approximate surface area is 90.3 Å². The predicted molar refractivity (Wildman–Crippen MR) is 57.6 cm³/mol.